The quantitative estimate of drug-likeness (QED) is 0.876. The summed E-state index contributed by atoms with van der Waals surface area (Å²) in [6, 6.07) is 8.13. The van der Waals surface area contributed by atoms with E-state index in [0.717, 1.165) is 4.47 Å². The van der Waals surface area contributed by atoms with E-state index in [1.807, 2.05) is 29.4 Å². The van der Waals surface area contributed by atoms with Gasteiger partial charge in [-0.15, -0.1) is 10.2 Å². The average Bonchev–Trinajstić information content (AvgIpc) is 2.78. The second-order valence-corrected chi connectivity index (χ2v) is 5.24. The Morgan fingerprint density at radius 3 is 2.63 bits per heavy atom. The van der Waals surface area contributed by atoms with Crippen molar-refractivity contribution in [2.24, 2.45) is 5.73 Å². The molecule has 1 aliphatic rings. The van der Waals surface area contributed by atoms with Crippen molar-refractivity contribution in [3.8, 4) is 0 Å². The Balaban J connectivity index is 1.83. The van der Waals surface area contributed by atoms with E-state index in [2.05, 4.69) is 38.3 Å². The van der Waals surface area contributed by atoms with Crippen LogP contribution >= 0.6 is 15.9 Å². The number of hydrogen-bond donors (Lipinski definition) is 2. The SMILES string of the molecule is Nc1nnc2n1C=CN(Cc1ccc(Br)cc1)C2N. The summed E-state index contributed by atoms with van der Waals surface area (Å²) in [4.78, 5) is 1.99. The molecule has 1 unspecified atom stereocenters. The normalized spacial score (nSPS) is 17.6. The van der Waals surface area contributed by atoms with Gasteiger partial charge in [-0.25, -0.2) is 0 Å². The molecular weight excluding hydrogens is 308 g/mol. The molecule has 0 saturated heterocycles. The number of rotatable bonds is 2. The topological polar surface area (TPSA) is 86.0 Å². The molecule has 1 aliphatic heterocycles. The number of nitrogens with two attached hydrogens (primary N) is 2. The first-order valence-corrected chi connectivity index (χ1v) is 6.59. The van der Waals surface area contributed by atoms with Crippen LogP contribution in [0.2, 0.25) is 0 Å². The third-order valence-corrected chi connectivity index (χ3v) is 3.58. The third kappa shape index (κ3) is 2.22. The van der Waals surface area contributed by atoms with Crippen LogP contribution in [0.15, 0.2) is 34.9 Å². The monoisotopic (exact) mass is 320 g/mol. The molecule has 3 rings (SSSR count). The fraction of sp³-hybridized carbons (Fsp3) is 0.167. The van der Waals surface area contributed by atoms with E-state index in [1.54, 1.807) is 4.57 Å². The number of hydrogen-bond acceptors (Lipinski definition) is 5. The summed E-state index contributed by atoms with van der Waals surface area (Å²) in [6.07, 6.45) is 3.38. The fourth-order valence-corrected chi connectivity index (χ4v) is 2.28. The highest BCUT2D eigenvalue weighted by Gasteiger charge is 2.23. The van der Waals surface area contributed by atoms with Gasteiger partial charge in [0.1, 0.15) is 6.17 Å². The van der Waals surface area contributed by atoms with Crippen molar-refractivity contribution in [1.29, 1.82) is 0 Å². The van der Waals surface area contributed by atoms with E-state index in [1.165, 1.54) is 5.56 Å². The number of nitrogens with zero attached hydrogens (tertiary/aromatic N) is 4. The minimum Gasteiger partial charge on any atom is -0.368 e. The van der Waals surface area contributed by atoms with Crippen LogP contribution < -0.4 is 11.5 Å². The summed E-state index contributed by atoms with van der Waals surface area (Å²) in [6.45, 7) is 0.706. The molecule has 98 valence electrons. The molecule has 0 aliphatic carbocycles. The number of halogens is 1. The summed E-state index contributed by atoms with van der Waals surface area (Å²) in [5.41, 5.74) is 13.0. The zero-order valence-corrected chi connectivity index (χ0v) is 11.7. The standard InChI is InChI=1S/C12H13BrN6/c13-9-3-1-8(2-4-9)7-18-5-6-19-11(10(18)14)16-17-12(19)15/h1-6,10H,7,14H2,(H2,15,17). The first kappa shape index (κ1) is 12.2. The molecule has 6 nitrogen and oxygen atoms in total. The van der Waals surface area contributed by atoms with E-state index in [0.29, 0.717) is 18.3 Å². The minimum absolute atomic E-state index is 0.349. The summed E-state index contributed by atoms with van der Waals surface area (Å²) >= 11 is 3.42. The van der Waals surface area contributed by atoms with Crippen molar-refractivity contribution in [3.63, 3.8) is 0 Å². The second kappa shape index (κ2) is 4.67. The molecule has 4 N–H and O–H groups in total. The van der Waals surface area contributed by atoms with Gasteiger partial charge in [-0.2, -0.15) is 0 Å². The van der Waals surface area contributed by atoms with Crippen molar-refractivity contribution in [1.82, 2.24) is 19.7 Å². The molecule has 19 heavy (non-hydrogen) atoms. The third-order valence-electron chi connectivity index (χ3n) is 3.06. The second-order valence-electron chi connectivity index (χ2n) is 4.33. The number of fused-ring (bicyclic) bond motifs is 1. The highest BCUT2D eigenvalue weighted by atomic mass is 79.9. The predicted molar refractivity (Wildman–Crippen MR) is 76.4 cm³/mol. The van der Waals surface area contributed by atoms with Crippen molar-refractivity contribution in [2.75, 3.05) is 5.73 Å². The van der Waals surface area contributed by atoms with Crippen molar-refractivity contribution >= 4 is 28.1 Å². The summed E-state index contributed by atoms with van der Waals surface area (Å²) in [7, 11) is 0. The van der Waals surface area contributed by atoms with E-state index >= 15 is 0 Å². The number of nitrogen functional groups attached to an aromatic ring is 1. The highest BCUT2D eigenvalue weighted by Crippen LogP contribution is 2.24. The molecular formula is C12H13BrN6. The van der Waals surface area contributed by atoms with Crippen molar-refractivity contribution < 1.29 is 0 Å². The molecule has 7 heteroatoms. The zero-order chi connectivity index (χ0) is 13.4. The Morgan fingerprint density at radius 2 is 1.89 bits per heavy atom. The molecule has 0 amide bonds. The molecule has 0 spiro atoms. The molecule has 1 atom stereocenters. The minimum atomic E-state index is -0.349. The molecule has 0 fully saturated rings. The van der Waals surface area contributed by atoms with Crippen LogP contribution in [0.25, 0.3) is 6.20 Å². The Labute approximate surface area is 118 Å². The maximum absolute atomic E-state index is 6.17. The van der Waals surface area contributed by atoms with Gasteiger partial charge in [0.05, 0.1) is 0 Å². The molecule has 1 aromatic carbocycles. The van der Waals surface area contributed by atoms with Crippen LogP contribution in [-0.2, 0) is 6.54 Å². The van der Waals surface area contributed by atoms with E-state index < -0.39 is 0 Å². The van der Waals surface area contributed by atoms with Gasteiger partial charge in [0.2, 0.25) is 5.95 Å². The average molecular weight is 321 g/mol. The Hall–Kier alpha value is -1.86. The summed E-state index contributed by atoms with van der Waals surface area (Å²) in [5, 5.41) is 7.83. The zero-order valence-electron chi connectivity index (χ0n) is 10.1. The predicted octanol–water partition coefficient (Wildman–Crippen LogP) is 1.52. The fourth-order valence-electron chi connectivity index (χ4n) is 2.02. The smallest absolute Gasteiger partial charge is 0.226 e. The number of anilines is 1. The van der Waals surface area contributed by atoms with E-state index in [9.17, 15) is 0 Å². The number of aromatic nitrogens is 3. The van der Waals surface area contributed by atoms with Crippen molar-refractivity contribution in [2.45, 2.75) is 12.7 Å². The summed E-state index contributed by atoms with van der Waals surface area (Å²) in [5.74, 6) is 1.00. The van der Waals surface area contributed by atoms with Crippen LogP contribution in [0.3, 0.4) is 0 Å². The lowest BCUT2D eigenvalue weighted by Gasteiger charge is -2.29. The van der Waals surface area contributed by atoms with Crippen LogP contribution in [0.5, 0.6) is 0 Å². The maximum atomic E-state index is 6.17. The lowest BCUT2D eigenvalue weighted by molar-refractivity contribution is 0.259. The number of benzene rings is 1. The van der Waals surface area contributed by atoms with Gasteiger partial charge in [0.15, 0.2) is 5.82 Å². The molecule has 0 bridgehead atoms. The molecule has 1 aromatic heterocycles. The van der Waals surface area contributed by atoms with Gasteiger partial charge in [-0.05, 0) is 17.7 Å². The van der Waals surface area contributed by atoms with Crippen molar-refractivity contribution in [3.05, 3.63) is 46.3 Å². The lowest BCUT2D eigenvalue weighted by Crippen LogP contribution is -2.34. The van der Waals surface area contributed by atoms with Gasteiger partial charge in [0, 0.05) is 23.4 Å². The van der Waals surface area contributed by atoms with Gasteiger partial charge in [-0.1, -0.05) is 28.1 Å². The van der Waals surface area contributed by atoms with Gasteiger partial charge in [0.25, 0.3) is 0 Å². The van der Waals surface area contributed by atoms with E-state index in [-0.39, 0.29) is 6.17 Å². The highest BCUT2D eigenvalue weighted by molar-refractivity contribution is 9.10. The Kier molecular flexibility index (Phi) is 3.00. The first-order valence-electron chi connectivity index (χ1n) is 5.79. The molecule has 0 saturated carbocycles. The molecule has 2 heterocycles. The van der Waals surface area contributed by atoms with Crippen LogP contribution in [-0.4, -0.2) is 19.7 Å². The van der Waals surface area contributed by atoms with Gasteiger partial charge < -0.3 is 16.4 Å². The largest absolute Gasteiger partial charge is 0.368 e. The van der Waals surface area contributed by atoms with Crippen LogP contribution in [0.1, 0.15) is 17.6 Å². The van der Waals surface area contributed by atoms with Crippen LogP contribution in [0, 0.1) is 0 Å². The van der Waals surface area contributed by atoms with Gasteiger partial charge in [-0.3, -0.25) is 4.57 Å². The van der Waals surface area contributed by atoms with Crippen LogP contribution in [0.4, 0.5) is 5.95 Å². The van der Waals surface area contributed by atoms with Gasteiger partial charge >= 0.3 is 0 Å². The molecule has 2 aromatic rings. The Morgan fingerprint density at radius 1 is 1.16 bits per heavy atom. The first-order chi connectivity index (χ1) is 9.15. The Bertz CT molecular complexity index is 618. The maximum Gasteiger partial charge on any atom is 0.226 e. The lowest BCUT2D eigenvalue weighted by atomic mass is 10.2. The summed E-state index contributed by atoms with van der Waals surface area (Å²) < 4.78 is 2.75. The van der Waals surface area contributed by atoms with E-state index in [4.69, 9.17) is 11.5 Å². The molecule has 0 radical (unpaired) electrons.